The van der Waals surface area contributed by atoms with Crippen molar-refractivity contribution in [2.75, 3.05) is 13.2 Å². The third-order valence-corrected chi connectivity index (χ3v) is 4.60. The monoisotopic (exact) mass is 425 g/mol. The SMILES string of the molecule is CCOC(=O)c1[nH]c(C)c(C(=O)COC(=O)c2occc2COc2ccccc2)c1C. The number of H-pyrrole nitrogens is 1. The summed E-state index contributed by atoms with van der Waals surface area (Å²) in [5, 5.41) is 0. The molecule has 0 unspecified atom stereocenters. The second-order valence-corrected chi connectivity index (χ2v) is 6.72. The van der Waals surface area contributed by atoms with Gasteiger partial charge in [0.15, 0.2) is 6.61 Å². The molecular formula is C23H23NO7. The van der Waals surface area contributed by atoms with Gasteiger partial charge in [-0.15, -0.1) is 0 Å². The number of aryl methyl sites for hydroxylation is 1. The standard InChI is InChI=1S/C23H23NO7/c1-4-28-22(26)20-14(2)19(15(3)24-20)18(25)13-31-23(27)21-16(10-11-29-21)12-30-17-8-6-5-7-9-17/h5-11,24H,4,12-13H2,1-3H3. The number of aromatic amines is 1. The zero-order valence-electron chi connectivity index (χ0n) is 17.5. The van der Waals surface area contributed by atoms with Crippen LogP contribution in [0.2, 0.25) is 0 Å². The average molecular weight is 425 g/mol. The molecule has 0 saturated carbocycles. The Hall–Kier alpha value is -3.81. The quantitative estimate of drug-likeness (QED) is 0.407. The summed E-state index contributed by atoms with van der Waals surface area (Å²) in [6, 6.07) is 10.7. The van der Waals surface area contributed by atoms with Crippen LogP contribution in [0.5, 0.6) is 5.75 Å². The fraction of sp³-hybridized carbons (Fsp3) is 0.261. The number of nitrogens with one attached hydrogen (secondary N) is 1. The van der Waals surface area contributed by atoms with Gasteiger partial charge in [0, 0.05) is 16.8 Å². The van der Waals surface area contributed by atoms with E-state index < -0.39 is 24.3 Å². The summed E-state index contributed by atoms with van der Waals surface area (Å²) >= 11 is 0. The van der Waals surface area contributed by atoms with Crippen LogP contribution in [-0.2, 0) is 16.1 Å². The number of ether oxygens (including phenoxy) is 3. The second kappa shape index (κ2) is 9.80. The Balaban J connectivity index is 1.63. The lowest BCUT2D eigenvalue weighted by Crippen LogP contribution is -2.16. The van der Waals surface area contributed by atoms with Gasteiger partial charge in [-0.3, -0.25) is 4.79 Å². The molecule has 2 heterocycles. The van der Waals surface area contributed by atoms with Gasteiger partial charge in [0.25, 0.3) is 0 Å². The van der Waals surface area contributed by atoms with Crippen molar-refractivity contribution in [3.8, 4) is 5.75 Å². The first kappa shape index (κ1) is 21.9. The Kier molecular flexibility index (Phi) is 6.92. The molecule has 3 aromatic rings. The summed E-state index contributed by atoms with van der Waals surface area (Å²) in [5.74, 6) is -1.14. The van der Waals surface area contributed by atoms with Gasteiger partial charge in [0.2, 0.25) is 11.5 Å². The maximum Gasteiger partial charge on any atom is 0.375 e. The van der Waals surface area contributed by atoms with E-state index in [1.54, 1.807) is 39.0 Å². The van der Waals surface area contributed by atoms with Gasteiger partial charge < -0.3 is 23.6 Å². The number of esters is 2. The summed E-state index contributed by atoms with van der Waals surface area (Å²) < 4.78 is 21.0. The summed E-state index contributed by atoms with van der Waals surface area (Å²) in [5.41, 5.74) is 1.95. The molecule has 0 aliphatic heterocycles. The van der Waals surface area contributed by atoms with E-state index in [1.165, 1.54) is 6.26 Å². The van der Waals surface area contributed by atoms with Crippen LogP contribution in [0.1, 0.15) is 55.1 Å². The lowest BCUT2D eigenvalue weighted by molar-refractivity contribution is 0.0439. The van der Waals surface area contributed by atoms with Crippen molar-refractivity contribution in [3.63, 3.8) is 0 Å². The summed E-state index contributed by atoms with van der Waals surface area (Å²) in [6.07, 6.45) is 1.36. The number of para-hydroxylation sites is 1. The molecule has 0 atom stereocenters. The molecule has 3 rings (SSSR count). The van der Waals surface area contributed by atoms with Crippen molar-refractivity contribution in [2.45, 2.75) is 27.4 Å². The average Bonchev–Trinajstić information content (AvgIpc) is 3.35. The summed E-state index contributed by atoms with van der Waals surface area (Å²) in [4.78, 5) is 39.9. The van der Waals surface area contributed by atoms with Gasteiger partial charge in [-0.2, -0.15) is 0 Å². The van der Waals surface area contributed by atoms with E-state index in [-0.39, 0.29) is 24.7 Å². The normalized spacial score (nSPS) is 10.5. The number of ketones is 1. The van der Waals surface area contributed by atoms with E-state index in [0.717, 1.165) is 0 Å². The van der Waals surface area contributed by atoms with Crippen LogP contribution in [0.3, 0.4) is 0 Å². The van der Waals surface area contributed by atoms with E-state index in [4.69, 9.17) is 18.6 Å². The molecule has 0 spiro atoms. The Morgan fingerprint density at radius 2 is 1.74 bits per heavy atom. The Morgan fingerprint density at radius 3 is 2.45 bits per heavy atom. The van der Waals surface area contributed by atoms with E-state index in [0.29, 0.717) is 28.1 Å². The number of Topliss-reactive ketones (excluding diaryl/α,β-unsaturated/α-hetero) is 1. The molecule has 0 aliphatic rings. The van der Waals surface area contributed by atoms with Gasteiger partial charge in [0.1, 0.15) is 18.1 Å². The molecule has 8 nitrogen and oxygen atoms in total. The van der Waals surface area contributed by atoms with Gasteiger partial charge in [-0.1, -0.05) is 18.2 Å². The lowest BCUT2D eigenvalue weighted by atomic mass is 10.1. The fourth-order valence-electron chi connectivity index (χ4n) is 3.15. The Labute approximate surface area is 179 Å². The maximum absolute atomic E-state index is 12.6. The number of rotatable bonds is 9. The molecule has 0 radical (unpaired) electrons. The minimum absolute atomic E-state index is 0.0292. The van der Waals surface area contributed by atoms with Crippen LogP contribution in [0.25, 0.3) is 0 Å². The zero-order valence-corrected chi connectivity index (χ0v) is 17.5. The maximum atomic E-state index is 12.6. The molecular weight excluding hydrogens is 402 g/mol. The van der Waals surface area contributed by atoms with E-state index >= 15 is 0 Å². The lowest BCUT2D eigenvalue weighted by Gasteiger charge is -2.07. The number of furan rings is 1. The van der Waals surface area contributed by atoms with Crippen LogP contribution in [-0.4, -0.2) is 35.9 Å². The van der Waals surface area contributed by atoms with Crippen LogP contribution in [0.15, 0.2) is 47.1 Å². The van der Waals surface area contributed by atoms with Crippen LogP contribution >= 0.6 is 0 Å². The van der Waals surface area contributed by atoms with Crippen molar-refractivity contribution in [1.29, 1.82) is 0 Å². The third kappa shape index (κ3) is 5.03. The molecule has 8 heteroatoms. The number of carbonyl (C=O) groups excluding carboxylic acids is 3. The molecule has 2 aromatic heterocycles. The first-order chi connectivity index (χ1) is 14.9. The highest BCUT2D eigenvalue weighted by atomic mass is 16.5. The third-order valence-electron chi connectivity index (χ3n) is 4.60. The van der Waals surface area contributed by atoms with Crippen LogP contribution < -0.4 is 4.74 Å². The van der Waals surface area contributed by atoms with Gasteiger partial charge >= 0.3 is 11.9 Å². The Bertz CT molecular complexity index is 1080. The zero-order chi connectivity index (χ0) is 22.4. The predicted octanol–water partition coefficient (Wildman–Crippen LogP) is 4.02. The van der Waals surface area contributed by atoms with E-state index in [1.807, 2.05) is 18.2 Å². The van der Waals surface area contributed by atoms with Gasteiger partial charge in [-0.05, 0) is 44.5 Å². The minimum atomic E-state index is -0.776. The van der Waals surface area contributed by atoms with Crippen molar-refractivity contribution < 1.29 is 33.0 Å². The van der Waals surface area contributed by atoms with Crippen molar-refractivity contribution >= 4 is 17.7 Å². The molecule has 0 saturated heterocycles. The van der Waals surface area contributed by atoms with Crippen molar-refractivity contribution in [3.05, 3.63) is 76.5 Å². The molecule has 0 bridgehead atoms. The minimum Gasteiger partial charge on any atom is -0.489 e. The van der Waals surface area contributed by atoms with Crippen LogP contribution in [0, 0.1) is 13.8 Å². The number of hydrogen-bond donors (Lipinski definition) is 1. The molecule has 0 aliphatic carbocycles. The van der Waals surface area contributed by atoms with Gasteiger partial charge in [0.05, 0.1) is 12.9 Å². The van der Waals surface area contributed by atoms with Crippen molar-refractivity contribution in [2.24, 2.45) is 0 Å². The molecule has 31 heavy (non-hydrogen) atoms. The molecule has 0 amide bonds. The molecule has 162 valence electrons. The molecule has 1 N–H and O–H groups in total. The largest absolute Gasteiger partial charge is 0.489 e. The number of hydrogen-bond acceptors (Lipinski definition) is 7. The predicted molar refractivity (Wildman–Crippen MR) is 110 cm³/mol. The first-order valence-electron chi connectivity index (χ1n) is 9.73. The second-order valence-electron chi connectivity index (χ2n) is 6.72. The summed E-state index contributed by atoms with van der Waals surface area (Å²) in [6.45, 7) is 4.82. The number of benzene rings is 1. The molecule has 0 fully saturated rings. The van der Waals surface area contributed by atoms with E-state index in [2.05, 4.69) is 4.98 Å². The number of carbonyl (C=O) groups is 3. The highest BCUT2D eigenvalue weighted by molar-refractivity contribution is 6.04. The van der Waals surface area contributed by atoms with Gasteiger partial charge in [-0.25, -0.2) is 9.59 Å². The smallest absolute Gasteiger partial charge is 0.375 e. The highest BCUT2D eigenvalue weighted by Crippen LogP contribution is 2.21. The fourth-order valence-corrected chi connectivity index (χ4v) is 3.15. The molecule has 1 aromatic carbocycles. The number of aromatic nitrogens is 1. The first-order valence-corrected chi connectivity index (χ1v) is 9.73. The van der Waals surface area contributed by atoms with E-state index in [9.17, 15) is 14.4 Å². The summed E-state index contributed by atoms with van der Waals surface area (Å²) in [7, 11) is 0. The van der Waals surface area contributed by atoms with Crippen molar-refractivity contribution in [1.82, 2.24) is 4.98 Å². The topological polar surface area (TPSA) is 108 Å². The highest BCUT2D eigenvalue weighted by Gasteiger charge is 2.25. The Morgan fingerprint density at radius 1 is 1.00 bits per heavy atom. The van der Waals surface area contributed by atoms with Crippen LogP contribution in [0.4, 0.5) is 0 Å².